The van der Waals surface area contributed by atoms with E-state index in [0.29, 0.717) is 13.0 Å². The lowest BCUT2D eigenvalue weighted by Crippen LogP contribution is -2.27. The molecule has 1 aromatic rings. The van der Waals surface area contributed by atoms with Crippen molar-refractivity contribution in [3.63, 3.8) is 0 Å². The number of thioether (sulfide) groups is 1. The molecule has 1 amide bonds. The summed E-state index contributed by atoms with van der Waals surface area (Å²) in [7, 11) is 0. The first-order valence-corrected chi connectivity index (χ1v) is 7.77. The van der Waals surface area contributed by atoms with E-state index in [4.69, 9.17) is 23.2 Å². The molecule has 1 saturated carbocycles. The SMILES string of the molecule is O=C(NCCCSc1ccc(F)cc1)C1CC1(Cl)Cl. The fraction of sp³-hybridized carbons (Fsp3) is 0.462. The van der Waals surface area contributed by atoms with E-state index in [-0.39, 0.29) is 17.6 Å². The van der Waals surface area contributed by atoms with Crippen LogP contribution in [0, 0.1) is 11.7 Å². The van der Waals surface area contributed by atoms with E-state index < -0.39 is 4.33 Å². The minimum Gasteiger partial charge on any atom is -0.356 e. The molecule has 1 aromatic carbocycles. The largest absolute Gasteiger partial charge is 0.356 e. The first kappa shape index (κ1) is 14.9. The van der Waals surface area contributed by atoms with Crippen molar-refractivity contribution >= 4 is 40.9 Å². The predicted molar refractivity (Wildman–Crippen MR) is 77.3 cm³/mol. The Balaban J connectivity index is 1.57. The number of nitrogens with one attached hydrogen (secondary N) is 1. The van der Waals surface area contributed by atoms with Crippen LogP contribution in [0.5, 0.6) is 0 Å². The van der Waals surface area contributed by atoms with E-state index >= 15 is 0 Å². The Hall–Kier alpha value is -0.450. The summed E-state index contributed by atoms with van der Waals surface area (Å²) >= 11 is 13.2. The molecule has 0 bridgehead atoms. The van der Waals surface area contributed by atoms with Crippen LogP contribution >= 0.6 is 35.0 Å². The third kappa shape index (κ3) is 4.55. The number of hydrogen-bond acceptors (Lipinski definition) is 2. The molecule has 1 aliphatic carbocycles. The second kappa shape index (κ2) is 6.33. The van der Waals surface area contributed by atoms with Crippen LogP contribution in [0.1, 0.15) is 12.8 Å². The zero-order chi connectivity index (χ0) is 13.9. The Labute approximate surface area is 126 Å². The lowest BCUT2D eigenvalue weighted by Gasteiger charge is -2.05. The summed E-state index contributed by atoms with van der Waals surface area (Å²) in [5.41, 5.74) is 0. The molecule has 0 spiro atoms. The van der Waals surface area contributed by atoms with Crippen LogP contribution in [0.2, 0.25) is 0 Å². The van der Waals surface area contributed by atoms with Gasteiger partial charge in [-0.15, -0.1) is 35.0 Å². The third-order valence-electron chi connectivity index (χ3n) is 2.85. The van der Waals surface area contributed by atoms with Crippen molar-refractivity contribution in [3.05, 3.63) is 30.1 Å². The molecule has 0 aliphatic heterocycles. The van der Waals surface area contributed by atoms with Crippen LogP contribution in [0.3, 0.4) is 0 Å². The minimum absolute atomic E-state index is 0.0724. The lowest BCUT2D eigenvalue weighted by molar-refractivity contribution is -0.122. The van der Waals surface area contributed by atoms with Gasteiger partial charge in [-0.1, -0.05) is 0 Å². The van der Waals surface area contributed by atoms with Crippen LogP contribution in [-0.4, -0.2) is 22.5 Å². The van der Waals surface area contributed by atoms with Gasteiger partial charge in [0, 0.05) is 11.4 Å². The smallest absolute Gasteiger partial charge is 0.226 e. The molecular weight excluding hydrogens is 308 g/mol. The fourth-order valence-corrected chi connectivity index (χ4v) is 2.99. The van der Waals surface area contributed by atoms with E-state index in [1.54, 1.807) is 23.9 Å². The Morgan fingerprint density at radius 1 is 1.42 bits per heavy atom. The number of hydrogen-bond donors (Lipinski definition) is 1. The van der Waals surface area contributed by atoms with Crippen molar-refractivity contribution in [2.24, 2.45) is 5.92 Å². The molecule has 2 nitrogen and oxygen atoms in total. The highest BCUT2D eigenvalue weighted by Crippen LogP contribution is 2.53. The standard InChI is InChI=1S/C13H14Cl2FNOS/c14-13(15)8-11(13)12(18)17-6-1-7-19-10-4-2-9(16)3-5-10/h2-5,11H,1,6-8H2,(H,17,18). The highest BCUT2D eigenvalue weighted by Gasteiger charge is 2.56. The molecule has 104 valence electrons. The Morgan fingerprint density at radius 3 is 2.63 bits per heavy atom. The van der Waals surface area contributed by atoms with Crippen molar-refractivity contribution in [1.29, 1.82) is 0 Å². The summed E-state index contributed by atoms with van der Waals surface area (Å²) in [5, 5.41) is 2.81. The summed E-state index contributed by atoms with van der Waals surface area (Å²) in [5.74, 6) is 0.299. The van der Waals surface area contributed by atoms with E-state index in [1.807, 2.05) is 0 Å². The molecule has 0 radical (unpaired) electrons. The van der Waals surface area contributed by atoms with E-state index in [0.717, 1.165) is 17.1 Å². The maximum atomic E-state index is 12.7. The van der Waals surface area contributed by atoms with Crippen molar-refractivity contribution in [2.45, 2.75) is 22.1 Å². The van der Waals surface area contributed by atoms with Gasteiger partial charge in [0.15, 0.2) is 0 Å². The number of rotatable bonds is 6. The number of halogens is 3. The molecule has 1 unspecified atom stereocenters. The Kier molecular flexibility index (Phi) is 4.98. The Bertz CT molecular complexity index is 452. The summed E-state index contributed by atoms with van der Waals surface area (Å²) in [6.45, 7) is 0.605. The van der Waals surface area contributed by atoms with Crippen molar-refractivity contribution in [2.75, 3.05) is 12.3 Å². The molecule has 0 saturated heterocycles. The number of carbonyl (C=O) groups is 1. The van der Waals surface area contributed by atoms with Crippen molar-refractivity contribution in [1.82, 2.24) is 5.32 Å². The summed E-state index contributed by atoms with van der Waals surface area (Å²) in [6, 6.07) is 6.38. The van der Waals surface area contributed by atoms with Gasteiger partial charge < -0.3 is 5.32 Å². The Morgan fingerprint density at radius 2 is 2.05 bits per heavy atom. The van der Waals surface area contributed by atoms with Gasteiger partial charge in [0.25, 0.3) is 0 Å². The number of carbonyl (C=O) groups excluding carboxylic acids is 1. The van der Waals surface area contributed by atoms with Gasteiger partial charge >= 0.3 is 0 Å². The van der Waals surface area contributed by atoms with E-state index in [2.05, 4.69) is 5.32 Å². The van der Waals surface area contributed by atoms with Crippen LogP contribution in [0.4, 0.5) is 4.39 Å². The molecule has 1 atom stereocenters. The topological polar surface area (TPSA) is 29.1 Å². The molecule has 19 heavy (non-hydrogen) atoms. The molecule has 2 rings (SSSR count). The monoisotopic (exact) mass is 321 g/mol. The number of amides is 1. The molecule has 0 heterocycles. The van der Waals surface area contributed by atoms with E-state index in [1.165, 1.54) is 12.1 Å². The summed E-state index contributed by atoms with van der Waals surface area (Å²) in [4.78, 5) is 12.6. The quantitative estimate of drug-likeness (QED) is 0.492. The molecule has 0 aromatic heterocycles. The molecule has 6 heteroatoms. The fourth-order valence-electron chi connectivity index (χ4n) is 1.63. The normalized spacial score (nSPS) is 20.1. The zero-order valence-electron chi connectivity index (χ0n) is 10.2. The first-order chi connectivity index (χ1) is 8.99. The average molecular weight is 322 g/mol. The van der Waals surface area contributed by atoms with Crippen LogP contribution < -0.4 is 5.32 Å². The third-order valence-corrected chi connectivity index (χ3v) is 4.78. The second-order valence-corrected chi connectivity index (χ2v) is 7.18. The highest BCUT2D eigenvalue weighted by atomic mass is 35.5. The molecule has 1 N–H and O–H groups in total. The van der Waals surface area contributed by atoms with Crippen molar-refractivity contribution in [3.8, 4) is 0 Å². The maximum absolute atomic E-state index is 12.7. The summed E-state index contributed by atoms with van der Waals surface area (Å²) < 4.78 is 11.8. The van der Waals surface area contributed by atoms with Gasteiger partial charge in [0.2, 0.25) is 5.91 Å². The maximum Gasteiger partial charge on any atom is 0.226 e. The number of benzene rings is 1. The summed E-state index contributed by atoms with van der Waals surface area (Å²) in [6.07, 6.45) is 1.38. The first-order valence-electron chi connectivity index (χ1n) is 6.03. The van der Waals surface area contributed by atoms with Gasteiger partial charge in [-0.2, -0.15) is 0 Å². The van der Waals surface area contributed by atoms with Gasteiger partial charge in [-0.3, -0.25) is 4.79 Å². The van der Waals surface area contributed by atoms with Crippen LogP contribution in [-0.2, 0) is 4.79 Å². The van der Waals surface area contributed by atoms with Crippen molar-refractivity contribution < 1.29 is 9.18 Å². The van der Waals surface area contributed by atoms with Crippen LogP contribution in [0.25, 0.3) is 0 Å². The van der Waals surface area contributed by atoms with Gasteiger partial charge in [-0.05, 0) is 42.9 Å². The molecule has 1 aliphatic rings. The number of alkyl halides is 2. The lowest BCUT2D eigenvalue weighted by atomic mass is 10.3. The van der Waals surface area contributed by atoms with Gasteiger partial charge in [0.05, 0.1) is 5.92 Å². The molecular formula is C13H14Cl2FNOS. The van der Waals surface area contributed by atoms with Gasteiger partial charge in [-0.25, -0.2) is 4.39 Å². The highest BCUT2D eigenvalue weighted by molar-refractivity contribution is 7.99. The van der Waals surface area contributed by atoms with Gasteiger partial charge in [0.1, 0.15) is 10.2 Å². The predicted octanol–water partition coefficient (Wildman–Crippen LogP) is 3.62. The van der Waals surface area contributed by atoms with Crippen LogP contribution in [0.15, 0.2) is 29.2 Å². The average Bonchev–Trinajstić information content (AvgIpc) is 3.00. The molecule has 1 fully saturated rings. The second-order valence-electron chi connectivity index (χ2n) is 4.46. The minimum atomic E-state index is -0.854. The van der Waals surface area contributed by atoms with E-state index in [9.17, 15) is 9.18 Å². The zero-order valence-corrected chi connectivity index (χ0v) is 12.5.